The van der Waals surface area contributed by atoms with E-state index in [1.165, 1.54) is 6.92 Å². The Bertz CT molecular complexity index is 534. The van der Waals surface area contributed by atoms with E-state index < -0.39 is 26.8 Å². The quantitative estimate of drug-likeness (QED) is 0.710. The standard InChI is InChI=1S/C10H14ClFN2O3S/c1-6(15)2-3-14-18(16,17)9-5-7(13)4-8(11)10(9)12/h4-6,14-15H,2-3,13H2,1H3. The largest absolute Gasteiger partial charge is 0.399 e. The van der Waals surface area contributed by atoms with Gasteiger partial charge in [-0.25, -0.2) is 17.5 Å². The van der Waals surface area contributed by atoms with Crippen LogP contribution in [-0.4, -0.2) is 26.2 Å². The topological polar surface area (TPSA) is 92.4 Å². The third-order valence-corrected chi connectivity index (χ3v) is 3.90. The lowest BCUT2D eigenvalue weighted by Crippen LogP contribution is -2.27. The second kappa shape index (κ2) is 5.83. The number of nitrogens with one attached hydrogen (secondary N) is 1. The van der Waals surface area contributed by atoms with Crippen LogP contribution >= 0.6 is 11.6 Å². The summed E-state index contributed by atoms with van der Waals surface area (Å²) in [7, 11) is -4.03. The van der Waals surface area contributed by atoms with Crippen LogP contribution in [0.3, 0.4) is 0 Å². The molecule has 0 saturated heterocycles. The fraction of sp³-hybridized carbons (Fsp3) is 0.400. The van der Waals surface area contributed by atoms with E-state index in [4.69, 9.17) is 22.4 Å². The van der Waals surface area contributed by atoms with Gasteiger partial charge in [0.1, 0.15) is 4.90 Å². The average molecular weight is 297 g/mol. The maximum absolute atomic E-state index is 13.6. The minimum atomic E-state index is -4.03. The molecule has 0 fully saturated rings. The molecule has 0 aromatic heterocycles. The number of sulfonamides is 1. The van der Waals surface area contributed by atoms with Gasteiger partial charge in [0.15, 0.2) is 5.82 Å². The number of hydrogen-bond donors (Lipinski definition) is 3. The summed E-state index contributed by atoms with van der Waals surface area (Å²) in [6, 6.07) is 2.12. The second-order valence-corrected chi connectivity index (χ2v) is 5.99. The predicted molar refractivity (Wildman–Crippen MR) is 67.3 cm³/mol. The molecule has 1 unspecified atom stereocenters. The van der Waals surface area contributed by atoms with Gasteiger partial charge in [-0.3, -0.25) is 0 Å². The highest BCUT2D eigenvalue weighted by molar-refractivity contribution is 7.89. The van der Waals surface area contributed by atoms with Crippen LogP contribution < -0.4 is 10.5 Å². The van der Waals surface area contributed by atoms with E-state index >= 15 is 0 Å². The molecule has 0 aliphatic carbocycles. The minimum Gasteiger partial charge on any atom is -0.399 e. The molecule has 102 valence electrons. The molecule has 4 N–H and O–H groups in total. The van der Waals surface area contributed by atoms with Gasteiger partial charge in [-0.15, -0.1) is 0 Å². The summed E-state index contributed by atoms with van der Waals surface area (Å²) in [5.41, 5.74) is 5.47. The summed E-state index contributed by atoms with van der Waals surface area (Å²) in [5, 5.41) is 8.66. The number of nitrogen functional groups attached to an aromatic ring is 1. The Hall–Kier alpha value is -0.890. The number of nitrogens with two attached hydrogens (primary N) is 1. The van der Waals surface area contributed by atoms with Gasteiger partial charge in [0.05, 0.1) is 11.1 Å². The lowest BCUT2D eigenvalue weighted by Gasteiger charge is -2.10. The van der Waals surface area contributed by atoms with Crippen LogP contribution in [0.15, 0.2) is 17.0 Å². The summed E-state index contributed by atoms with van der Waals surface area (Å²) in [5.74, 6) is -1.05. The Morgan fingerprint density at radius 2 is 2.17 bits per heavy atom. The van der Waals surface area contributed by atoms with Gasteiger partial charge >= 0.3 is 0 Å². The van der Waals surface area contributed by atoms with Crippen molar-refractivity contribution in [3.8, 4) is 0 Å². The van der Waals surface area contributed by atoms with Gasteiger partial charge in [0.2, 0.25) is 10.0 Å². The number of benzene rings is 1. The van der Waals surface area contributed by atoms with Crippen LogP contribution in [0, 0.1) is 5.82 Å². The van der Waals surface area contributed by atoms with Crippen molar-refractivity contribution < 1.29 is 17.9 Å². The second-order valence-electron chi connectivity index (χ2n) is 3.85. The van der Waals surface area contributed by atoms with Crippen LogP contribution in [0.5, 0.6) is 0 Å². The fourth-order valence-corrected chi connectivity index (χ4v) is 2.72. The summed E-state index contributed by atoms with van der Waals surface area (Å²) in [6.45, 7) is 1.51. The highest BCUT2D eigenvalue weighted by Crippen LogP contribution is 2.25. The Morgan fingerprint density at radius 3 is 2.72 bits per heavy atom. The number of hydrogen-bond acceptors (Lipinski definition) is 4. The summed E-state index contributed by atoms with van der Waals surface area (Å²) >= 11 is 5.52. The van der Waals surface area contributed by atoms with Gasteiger partial charge in [-0.1, -0.05) is 11.6 Å². The first kappa shape index (κ1) is 15.2. The molecule has 0 saturated carbocycles. The van der Waals surface area contributed by atoms with Crippen molar-refractivity contribution in [2.24, 2.45) is 0 Å². The molecule has 8 heteroatoms. The molecule has 0 amide bonds. The van der Waals surface area contributed by atoms with Crippen LogP contribution in [0.2, 0.25) is 5.02 Å². The molecule has 1 rings (SSSR count). The lowest BCUT2D eigenvalue weighted by atomic mass is 10.3. The van der Waals surface area contributed by atoms with Gasteiger partial charge in [-0.2, -0.15) is 0 Å². The molecule has 0 radical (unpaired) electrons. The number of halogens is 2. The molecule has 0 bridgehead atoms. The molecule has 0 aliphatic heterocycles. The smallest absolute Gasteiger partial charge is 0.243 e. The third-order valence-electron chi connectivity index (χ3n) is 2.16. The molecule has 5 nitrogen and oxygen atoms in total. The van der Waals surface area contributed by atoms with E-state index in [1.807, 2.05) is 0 Å². The summed E-state index contributed by atoms with van der Waals surface area (Å²) < 4.78 is 39.4. The van der Waals surface area contributed by atoms with E-state index in [0.717, 1.165) is 12.1 Å². The van der Waals surface area contributed by atoms with Gasteiger partial charge in [0.25, 0.3) is 0 Å². The first-order valence-electron chi connectivity index (χ1n) is 5.16. The normalized spacial score (nSPS) is 13.6. The zero-order valence-corrected chi connectivity index (χ0v) is 11.2. The first-order valence-corrected chi connectivity index (χ1v) is 7.02. The molecule has 1 atom stereocenters. The summed E-state index contributed by atoms with van der Waals surface area (Å²) in [6.07, 6.45) is -0.432. The zero-order chi connectivity index (χ0) is 13.9. The Kier molecular flexibility index (Phi) is 4.92. The molecular weight excluding hydrogens is 283 g/mol. The molecule has 1 aromatic carbocycles. The molecular formula is C10H14ClFN2O3S. The van der Waals surface area contributed by atoms with Crippen LogP contribution in [-0.2, 0) is 10.0 Å². The lowest BCUT2D eigenvalue weighted by molar-refractivity contribution is 0.186. The van der Waals surface area contributed by atoms with E-state index in [9.17, 15) is 12.8 Å². The van der Waals surface area contributed by atoms with Crippen molar-refractivity contribution in [2.45, 2.75) is 24.3 Å². The third kappa shape index (κ3) is 3.81. The highest BCUT2D eigenvalue weighted by Gasteiger charge is 2.21. The van der Waals surface area contributed by atoms with Crippen molar-refractivity contribution in [1.29, 1.82) is 0 Å². The minimum absolute atomic E-state index is 0.00808. The van der Waals surface area contributed by atoms with Gasteiger partial charge in [0, 0.05) is 12.2 Å². The van der Waals surface area contributed by atoms with E-state index in [-0.39, 0.29) is 23.7 Å². The predicted octanol–water partition coefficient (Wildman–Crippen LogP) is 1.11. The van der Waals surface area contributed by atoms with Crippen molar-refractivity contribution in [3.63, 3.8) is 0 Å². The Balaban J connectivity index is 2.98. The fourth-order valence-electron chi connectivity index (χ4n) is 1.26. The highest BCUT2D eigenvalue weighted by atomic mass is 35.5. The molecule has 0 spiro atoms. The Morgan fingerprint density at radius 1 is 1.56 bits per heavy atom. The molecule has 0 heterocycles. The van der Waals surface area contributed by atoms with E-state index in [1.54, 1.807) is 0 Å². The SMILES string of the molecule is CC(O)CCNS(=O)(=O)c1cc(N)cc(Cl)c1F. The molecule has 1 aromatic rings. The monoisotopic (exact) mass is 296 g/mol. The van der Waals surface area contributed by atoms with Crippen LogP contribution in [0.25, 0.3) is 0 Å². The zero-order valence-electron chi connectivity index (χ0n) is 9.65. The van der Waals surface area contributed by atoms with E-state index in [2.05, 4.69) is 4.72 Å². The summed E-state index contributed by atoms with van der Waals surface area (Å²) in [4.78, 5) is -0.599. The van der Waals surface area contributed by atoms with E-state index in [0.29, 0.717) is 0 Å². The van der Waals surface area contributed by atoms with Crippen molar-refractivity contribution in [3.05, 3.63) is 23.0 Å². The maximum atomic E-state index is 13.6. The average Bonchev–Trinajstić information content (AvgIpc) is 2.22. The number of aliphatic hydroxyl groups excluding tert-OH is 1. The maximum Gasteiger partial charge on any atom is 0.243 e. The van der Waals surface area contributed by atoms with Gasteiger partial charge < -0.3 is 10.8 Å². The molecule has 18 heavy (non-hydrogen) atoms. The van der Waals surface area contributed by atoms with Crippen molar-refractivity contribution >= 4 is 27.3 Å². The number of anilines is 1. The van der Waals surface area contributed by atoms with Crippen molar-refractivity contribution in [1.82, 2.24) is 4.72 Å². The number of aliphatic hydroxyl groups is 1. The van der Waals surface area contributed by atoms with Crippen LogP contribution in [0.4, 0.5) is 10.1 Å². The van der Waals surface area contributed by atoms with Crippen LogP contribution in [0.1, 0.15) is 13.3 Å². The number of rotatable bonds is 5. The first-order chi connectivity index (χ1) is 8.24. The Labute approximate surface area is 110 Å². The molecule has 0 aliphatic rings. The van der Waals surface area contributed by atoms with Crippen molar-refractivity contribution in [2.75, 3.05) is 12.3 Å². The van der Waals surface area contributed by atoms with Gasteiger partial charge in [-0.05, 0) is 25.5 Å².